The molecule has 2 rings (SSSR count). The van der Waals surface area contributed by atoms with Crippen molar-refractivity contribution in [3.63, 3.8) is 0 Å². The van der Waals surface area contributed by atoms with Crippen LogP contribution in [0.2, 0.25) is 0 Å². The number of benzene rings is 1. The van der Waals surface area contributed by atoms with Gasteiger partial charge in [-0.15, -0.1) is 0 Å². The van der Waals surface area contributed by atoms with Crippen LogP contribution in [-0.4, -0.2) is 24.5 Å². The number of amides is 1. The van der Waals surface area contributed by atoms with E-state index in [4.69, 9.17) is 0 Å². The van der Waals surface area contributed by atoms with E-state index in [2.05, 4.69) is 43.4 Å². The fraction of sp³-hybridized carbons (Fsp3) is 0.562. The Hall–Kier alpha value is -1.35. The monoisotopic (exact) mass is 260 g/mol. The van der Waals surface area contributed by atoms with E-state index in [9.17, 15) is 4.79 Å². The first kappa shape index (κ1) is 14.1. The molecule has 0 radical (unpaired) electrons. The number of hydrogen-bond donors (Lipinski definition) is 1. The maximum Gasteiger partial charge on any atom is 0.246 e. The molecule has 1 fully saturated rings. The molecule has 1 heterocycles. The van der Waals surface area contributed by atoms with Crippen LogP contribution in [0.25, 0.3) is 0 Å². The number of anilines is 1. The van der Waals surface area contributed by atoms with E-state index >= 15 is 0 Å². The van der Waals surface area contributed by atoms with Gasteiger partial charge in [0.1, 0.15) is 0 Å². The summed E-state index contributed by atoms with van der Waals surface area (Å²) in [6.45, 7) is 9.94. The summed E-state index contributed by atoms with van der Waals surface area (Å²) in [5, 5.41) is 3.31. The van der Waals surface area contributed by atoms with E-state index in [0.29, 0.717) is 5.92 Å². The number of nitrogens with zero attached hydrogens (tertiary/aromatic N) is 1. The van der Waals surface area contributed by atoms with E-state index in [1.807, 2.05) is 18.7 Å². The summed E-state index contributed by atoms with van der Waals surface area (Å²) in [6, 6.07) is 8.38. The van der Waals surface area contributed by atoms with Gasteiger partial charge in [0.25, 0.3) is 0 Å². The van der Waals surface area contributed by atoms with Crippen molar-refractivity contribution >= 4 is 11.6 Å². The molecule has 0 saturated carbocycles. The van der Waals surface area contributed by atoms with Crippen LogP contribution >= 0.6 is 0 Å². The average Bonchev–Trinajstić information content (AvgIpc) is 2.50. The lowest BCUT2D eigenvalue weighted by Crippen LogP contribution is -2.51. The third-order valence-electron chi connectivity index (χ3n) is 3.78. The van der Waals surface area contributed by atoms with Gasteiger partial charge in [-0.2, -0.15) is 0 Å². The van der Waals surface area contributed by atoms with E-state index < -0.39 is 5.54 Å². The first-order valence-corrected chi connectivity index (χ1v) is 7.09. The minimum absolute atomic E-state index is 0.155. The minimum atomic E-state index is -0.479. The smallest absolute Gasteiger partial charge is 0.246 e. The van der Waals surface area contributed by atoms with Gasteiger partial charge in [-0.05, 0) is 50.4 Å². The van der Waals surface area contributed by atoms with Crippen molar-refractivity contribution in [2.24, 2.45) is 0 Å². The van der Waals surface area contributed by atoms with Gasteiger partial charge in [-0.1, -0.05) is 26.0 Å². The summed E-state index contributed by atoms with van der Waals surface area (Å²) in [5.41, 5.74) is 1.84. The fourth-order valence-electron chi connectivity index (χ4n) is 2.44. The number of nitrogens with one attached hydrogen (secondary N) is 1. The molecular weight excluding hydrogens is 236 g/mol. The number of carbonyl (C=O) groups is 1. The summed E-state index contributed by atoms with van der Waals surface area (Å²) in [5.74, 6) is 0.675. The predicted molar refractivity (Wildman–Crippen MR) is 79.6 cm³/mol. The Morgan fingerprint density at radius 1 is 1.21 bits per heavy atom. The quantitative estimate of drug-likeness (QED) is 0.886. The van der Waals surface area contributed by atoms with Crippen LogP contribution in [0.3, 0.4) is 0 Å². The van der Waals surface area contributed by atoms with Crippen LogP contribution < -0.4 is 10.2 Å². The molecule has 1 aliphatic rings. The molecule has 0 spiro atoms. The molecule has 0 aliphatic carbocycles. The summed E-state index contributed by atoms with van der Waals surface area (Å²) < 4.78 is 0. The Balaban J connectivity index is 2.26. The summed E-state index contributed by atoms with van der Waals surface area (Å²) >= 11 is 0. The van der Waals surface area contributed by atoms with Crippen LogP contribution in [0.1, 0.15) is 45.6 Å². The van der Waals surface area contributed by atoms with Crippen molar-refractivity contribution in [3.8, 4) is 0 Å². The maximum atomic E-state index is 12.5. The third-order valence-corrected chi connectivity index (χ3v) is 3.78. The molecule has 1 aromatic carbocycles. The second-order valence-electron chi connectivity index (χ2n) is 6.11. The molecule has 3 nitrogen and oxygen atoms in total. The Bertz CT molecular complexity index is 448. The van der Waals surface area contributed by atoms with Gasteiger partial charge in [-0.3, -0.25) is 4.79 Å². The molecule has 19 heavy (non-hydrogen) atoms. The largest absolute Gasteiger partial charge is 0.311 e. The lowest BCUT2D eigenvalue weighted by atomic mass is 10.0. The second-order valence-corrected chi connectivity index (χ2v) is 6.11. The first-order valence-electron chi connectivity index (χ1n) is 7.09. The number of rotatable bonds is 2. The molecule has 1 saturated heterocycles. The Morgan fingerprint density at radius 2 is 1.84 bits per heavy atom. The fourth-order valence-corrected chi connectivity index (χ4v) is 2.44. The average molecular weight is 260 g/mol. The van der Waals surface area contributed by atoms with Gasteiger partial charge >= 0.3 is 0 Å². The van der Waals surface area contributed by atoms with Crippen molar-refractivity contribution in [3.05, 3.63) is 29.8 Å². The zero-order valence-corrected chi connectivity index (χ0v) is 12.4. The standard InChI is InChI=1S/C16H24N2O/c1-12(2)13-6-8-14(9-7-13)18-11-5-10-17-16(3,4)15(18)19/h6-9,12,17H,5,10-11H2,1-4H3. The lowest BCUT2D eigenvalue weighted by molar-refractivity contribution is -0.123. The zero-order valence-electron chi connectivity index (χ0n) is 12.4. The topological polar surface area (TPSA) is 32.3 Å². The normalized spacial score (nSPS) is 19.6. The van der Waals surface area contributed by atoms with Gasteiger partial charge < -0.3 is 10.2 Å². The summed E-state index contributed by atoms with van der Waals surface area (Å²) in [6.07, 6.45) is 0.987. The Kier molecular flexibility index (Phi) is 3.95. The second kappa shape index (κ2) is 5.33. The molecular formula is C16H24N2O. The van der Waals surface area contributed by atoms with Gasteiger partial charge in [0.05, 0.1) is 5.54 Å². The molecule has 1 aliphatic heterocycles. The number of hydrogen-bond acceptors (Lipinski definition) is 2. The molecule has 3 heteroatoms. The van der Waals surface area contributed by atoms with Crippen molar-refractivity contribution < 1.29 is 4.79 Å². The van der Waals surface area contributed by atoms with Crippen LogP contribution in [-0.2, 0) is 4.79 Å². The van der Waals surface area contributed by atoms with Crippen LogP contribution in [0.4, 0.5) is 5.69 Å². The molecule has 1 aromatic rings. The van der Waals surface area contributed by atoms with Crippen molar-refractivity contribution in [2.45, 2.75) is 45.6 Å². The highest BCUT2D eigenvalue weighted by Crippen LogP contribution is 2.23. The van der Waals surface area contributed by atoms with Crippen LogP contribution in [0, 0.1) is 0 Å². The molecule has 0 atom stereocenters. The summed E-state index contributed by atoms with van der Waals surface area (Å²) in [7, 11) is 0. The van der Waals surface area contributed by atoms with Crippen molar-refractivity contribution in [1.29, 1.82) is 0 Å². The maximum absolute atomic E-state index is 12.5. The van der Waals surface area contributed by atoms with E-state index in [0.717, 1.165) is 25.2 Å². The van der Waals surface area contributed by atoms with E-state index in [1.165, 1.54) is 5.56 Å². The predicted octanol–water partition coefficient (Wildman–Crippen LogP) is 2.91. The number of carbonyl (C=O) groups excluding carboxylic acids is 1. The van der Waals surface area contributed by atoms with Gasteiger partial charge in [0.2, 0.25) is 5.91 Å². The SMILES string of the molecule is CC(C)c1ccc(N2CCCNC(C)(C)C2=O)cc1. The first-order chi connectivity index (χ1) is 8.92. The third kappa shape index (κ3) is 2.98. The van der Waals surface area contributed by atoms with E-state index in [1.54, 1.807) is 0 Å². The minimum Gasteiger partial charge on any atom is -0.311 e. The highest BCUT2D eigenvalue weighted by Gasteiger charge is 2.34. The molecule has 104 valence electrons. The Morgan fingerprint density at radius 3 is 2.42 bits per heavy atom. The van der Waals surface area contributed by atoms with Gasteiger partial charge in [0, 0.05) is 12.2 Å². The Labute approximate surface area is 116 Å². The van der Waals surface area contributed by atoms with Gasteiger partial charge in [0.15, 0.2) is 0 Å². The molecule has 1 N–H and O–H groups in total. The lowest BCUT2D eigenvalue weighted by Gasteiger charge is -2.29. The van der Waals surface area contributed by atoms with Gasteiger partial charge in [-0.25, -0.2) is 0 Å². The van der Waals surface area contributed by atoms with Crippen LogP contribution in [0.5, 0.6) is 0 Å². The highest BCUT2D eigenvalue weighted by atomic mass is 16.2. The summed E-state index contributed by atoms with van der Waals surface area (Å²) in [4.78, 5) is 14.5. The van der Waals surface area contributed by atoms with E-state index in [-0.39, 0.29) is 5.91 Å². The van der Waals surface area contributed by atoms with Crippen molar-refractivity contribution in [1.82, 2.24) is 5.32 Å². The molecule has 0 aromatic heterocycles. The van der Waals surface area contributed by atoms with Crippen LogP contribution in [0.15, 0.2) is 24.3 Å². The highest BCUT2D eigenvalue weighted by molar-refractivity contribution is 5.99. The van der Waals surface area contributed by atoms with Crippen molar-refractivity contribution in [2.75, 3.05) is 18.0 Å². The zero-order chi connectivity index (χ0) is 14.0. The molecule has 0 unspecified atom stereocenters. The molecule has 1 amide bonds. The molecule has 0 bridgehead atoms.